The quantitative estimate of drug-likeness (QED) is 0.461. The lowest BCUT2D eigenvalue weighted by Crippen LogP contribution is -2.30. The maximum Gasteiger partial charge on any atom is 0.180 e. The van der Waals surface area contributed by atoms with Gasteiger partial charge in [0.1, 0.15) is 17.6 Å². The van der Waals surface area contributed by atoms with Gasteiger partial charge >= 0.3 is 0 Å². The van der Waals surface area contributed by atoms with Gasteiger partial charge in [-0.15, -0.1) is 0 Å². The number of anilines is 1. The number of carbonyl (C=O) groups excluding carboxylic acids is 1. The second-order valence-corrected chi connectivity index (χ2v) is 7.44. The summed E-state index contributed by atoms with van der Waals surface area (Å²) in [5, 5.41) is 13.4. The van der Waals surface area contributed by atoms with Crippen LogP contribution in [-0.2, 0) is 0 Å². The average Bonchev–Trinajstić information content (AvgIpc) is 3.20. The van der Waals surface area contributed by atoms with Crippen molar-refractivity contribution in [1.29, 1.82) is 5.26 Å². The monoisotopic (exact) mass is 400 g/mol. The third-order valence-corrected chi connectivity index (χ3v) is 5.39. The predicted molar refractivity (Wildman–Crippen MR) is 114 cm³/mol. The number of piperidine rings is 1. The predicted octanol–water partition coefficient (Wildman–Crippen LogP) is 4.91. The normalized spacial score (nSPS) is 13.9. The Morgan fingerprint density at radius 3 is 2.37 bits per heavy atom. The lowest BCUT2D eigenvalue weighted by molar-refractivity contribution is 0.101. The van der Waals surface area contributed by atoms with E-state index < -0.39 is 5.82 Å². The van der Waals surface area contributed by atoms with Crippen LogP contribution >= 0.6 is 0 Å². The Morgan fingerprint density at radius 1 is 1.10 bits per heavy atom. The molecule has 30 heavy (non-hydrogen) atoms. The van der Waals surface area contributed by atoms with Crippen molar-refractivity contribution >= 4 is 11.5 Å². The van der Waals surface area contributed by atoms with Crippen LogP contribution in [0.2, 0.25) is 0 Å². The molecule has 1 aliphatic heterocycles. The SMILES string of the molecule is C=C1CCN(c2ccc(-n3nc(C(C)=O)cc3-c3ccc(C#N)c(F)c3)cc2)CC1. The summed E-state index contributed by atoms with van der Waals surface area (Å²) < 4.78 is 15.8. The molecule has 1 saturated heterocycles. The van der Waals surface area contributed by atoms with Gasteiger partial charge in [0.25, 0.3) is 0 Å². The standard InChI is InChI=1S/C24H21FN4O/c1-16-9-11-28(12-10-16)20-5-7-21(8-6-20)29-24(14-23(27-29)17(2)30)18-3-4-19(15-26)22(25)13-18/h3-8,13-14H,1,9-12H2,2H3. The van der Waals surface area contributed by atoms with Crippen LogP contribution in [0.15, 0.2) is 60.7 Å². The molecule has 1 fully saturated rings. The van der Waals surface area contributed by atoms with Crippen LogP contribution in [0.3, 0.4) is 0 Å². The van der Waals surface area contributed by atoms with Gasteiger partial charge in [0, 0.05) is 31.3 Å². The van der Waals surface area contributed by atoms with Gasteiger partial charge in [0.2, 0.25) is 0 Å². The minimum absolute atomic E-state index is 0.0230. The smallest absolute Gasteiger partial charge is 0.180 e. The van der Waals surface area contributed by atoms with Gasteiger partial charge in [-0.25, -0.2) is 9.07 Å². The molecule has 2 heterocycles. The molecule has 3 aromatic rings. The molecule has 150 valence electrons. The lowest BCUT2D eigenvalue weighted by atomic mass is 10.1. The van der Waals surface area contributed by atoms with Crippen molar-refractivity contribution in [2.75, 3.05) is 18.0 Å². The third kappa shape index (κ3) is 3.74. The van der Waals surface area contributed by atoms with Gasteiger partial charge in [-0.1, -0.05) is 18.2 Å². The van der Waals surface area contributed by atoms with Gasteiger partial charge in [0.05, 0.1) is 16.9 Å². The number of nitrogens with zero attached hydrogens (tertiary/aromatic N) is 4. The molecule has 0 unspecified atom stereocenters. The zero-order valence-corrected chi connectivity index (χ0v) is 16.7. The van der Waals surface area contributed by atoms with E-state index in [1.165, 1.54) is 24.6 Å². The fraction of sp³-hybridized carbons (Fsp3) is 0.208. The Kier molecular flexibility index (Phi) is 5.20. The van der Waals surface area contributed by atoms with E-state index in [-0.39, 0.29) is 11.3 Å². The molecule has 4 rings (SSSR count). The topological polar surface area (TPSA) is 61.9 Å². The van der Waals surface area contributed by atoms with Crippen LogP contribution in [0.1, 0.15) is 35.8 Å². The summed E-state index contributed by atoms with van der Waals surface area (Å²) >= 11 is 0. The van der Waals surface area contributed by atoms with E-state index >= 15 is 0 Å². The van der Waals surface area contributed by atoms with E-state index in [9.17, 15) is 9.18 Å². The second-order valence-electron chi connectivity index (χ2n) is 7.44. The van der Waals surface area contributed by atoms with Crippen molar-refractivity contribution in [3.05, 3.63) is 77.8 Å². The summed E-state index contributed by atoms with van der Waals surface area (Å²) in [6, 6.07) is 15.8. The minimum atomic E-state index is -0.603. The molecule has 5 nitrogen and oxygen atoms in total. The zero-order chi connectivity index (χ0) is 21.3. The second kappa shape index (κ2) is 7.96. The molecule has 1 aliphatic rings. The molecule has 0 amide bonds. The van der Waals surface area contributed by atoms with Gasteiger partial charge in [-0.05, 0) is 55.3 Å². The first-order valence-corrected chi connectivity index (χ1v) is 9.79. The minimum Gasteiger partial charge on any atom is -0.371 e. The zero-order valence-electron chi connectivity index (χ0n) is 16.7. The van der Waals surface area contributed by atoms with Crippen molar-refractivity contribution in [1.82, 2.24) is 9.78 Å². The summed E-state index contributed by atoms with van der Waals surface area (Å²) in [6.07, 6.45) is 1.99. The van der Waals surface area contributed by atoms with Gasteiger partial charge < -0.3 is 4.90 Å². The maximum absolute atomic E-state index is 14.2. The van der Waals surface area contributed by atoms with Crippen LogP contribution in [0.4, 0.5) is 10.1 Å². The van der Waals surface area contributed by atoms with E-state index in [0.29, 0.717) is 17.0 Å². The molecule has 1 aromatic heterocycles. The third-order valence-electron chi connectivity index (χ3n) is 5.39. The summed E-state index contributed by atoms with van der Waals surface area (Å²) in [7, 11) is 0. The van der Waals surface area contributed by atoms with Crippen LogP contribution in [0.5, 0.6) is 0 Å². The number of halogens is 1. The van der Waals surface area contributed by atoms with Crippen LogP contribution < -0.4 is 4.90 Å². The van der Waals surface area contributed by atoms with Crippen molar-refractivity contribution in [3.8, 4) is 23.0 Å². The summed E-state index contributed by atoms with van der Waals surface area (Å²) in [5.41, 5.74) is 4.59. The highest BCUT2D eigenvalue weighted by molar-refractivity contribution is 5.93. The lowest BCUT2D eigenvalue weighted by Gasteiger charge is -2.30. The van der Waals surface area contributed by atoms with Crippen molar-refractivity contribution in [2.45, 2.75) is 19.8 Å². The first kappa shape index (κ1) is 19.6. The highest BCUT2D eigenvalue weighted by Gasteiger charge is 2.17. The largest absolute Gasteiger partial charge is 0.371 e. The highest BCUT2D eigenvalue weighted by Crippen LogP contribution is 2.28. The van der Waals surface area contributed by atoms with E-state index in [0.717, 1.165) is 37.3 Å². The van der Waals surface area contributed by atoms with E-state index in [1.54, 1.807) is 16.8 Å². The molecule has 2 aromatic carbocycles. The van der Waals surface area contributed by atoms with E-state index in [2.05, 4.69) is 16.6 Å². The van der Waals surface area contributed by atoms with Crippen LogP contribution in [-0.4, -0.2) is 28.7 Å². The highest BCUT2D eigenvalue weighted by atomic mass is 19.1. The Balaban J connectivity index is 1.72. The van der Waals surface area contributed by atoms with E-state index in [1.807, 2.05) is 30.3 Å². The average molecular weight is 400 g/mol. The fourth-order valence-electron chi connectivity index (χ4n) is 3.61. The number of ketones is 1. The molecular formula is C24H21FN4O. The number of Topliss-reactive ketones (excluding diaryl/α,β-unsaturated/α-hetero) is 1. The number of benzene rings is 2. The summed E-state index contributed by atoms with van der Waals surface area (Å²) in [6.45, 7) is 7.40. The number of carbonyl (C=O) groups is 1. The molecule has 0 spiro atoms. The summed E-state index contributed by atoms with van der Waals surface area (Å²) in [4.78, 5) is 14.2. The fourth-order valence-corrected chi connectivity index (χ4v) is 3.61. The van der Waals surface area contributed by atoms with Gasteiger partial charge in [-0.3, -0.25) is 4.79 Å². The number of hydrogen-bond acceptors (Lipinski definition) is 4. The number of hydrogen-bond donors (Lipinski definition) is 0. The Morgan fingerprint density at radius 2 is 1.77 bits per heavy atom. The molecule has 0 saturated carbocycles. The molecule has 0 aliphatic carbocycles. The Hall–Kier alpha value is -3.72. The van der Waals surface area contributed by atoms with Crippen LogP contribution in [0, 0.1) is 17.1 Å². The van der Waals surface area contributed by atoms with Gasteiger partial charge in [-0.2, -0.15) is 10.4 Å². The molecule has 0 atom stereocenters. The first-order chi connectivity index (χ1) is 14.5. The van der Waals surface area contributed by atoms with Crippen molar-refractivity contribution < 1.29 is 9.18 Å². The molecule has 0 N–H and O–H groups in total. The maximum atomic E-state index is 14.2. The molecule has 0 bridgehead atoms. The Labute approximate surface area is 174 Å². The first-order valence-electron chi connectivity index (χ1n) is 9.79. The van der Waals surface area contributed by atoms with Crippen molar-refractivity contribution in [3.63, 3.8) is 0 Å². The molecular weight excluding hydrogens is 379 g/mol. The van der Waals surface area contributed by atoms with Gasteiger partial charge in [0.15, 0.2) is 5.78 Å². The number of aromatic nitrogens is 2. The van der Waals surface area contributed by atoms with Crippen molar-refractivity contribution in [2.24, 2.45) is 0 Å². The van der Waals surface area contributed by atoms with E-state index in [4.69, 9.17) is 5.26 Å². The Bertz CT molecular complexity index is 1160. The molecule has 6 heteroatoms. The summed E-state index contributed by atoms with van der Waals surface area (Å²) in [5.74, 6) is -0.775. The van der Waals surface area contributed by atoms with Crippen LogP contribution in [0.25, 0.3) is 16.9 Å². The molecule has 0 radical (unpaired) electrons. The number of nitriles is 1. The number of rotatable bonds is 4.